The average Bonchev–Trinajstić information content (AvgIpc) is 2.45. The third-order valence-electron chi connectivity index (χ3n) is 2.58. The van der Waals surface area contributed by atoms with E-state index in [-0.39, 0.29) is 17.6 Å². The van der Waals surface area contributed by atoms with Crippen LogP contribution in [0.2, 0.25) is 0 Å². The molecule has 7 heteroatoms. The van der Waals surface area contributed by atoms with Gasteiger partial charge >= 0.3 is 0 Å². The number of nitrogens with one attached hydrogen (secondary N) is 2. The minimum atomic E-state index is -0.951. The largest absolute Gasteiger partial charge is 0.354 e. The fraction of sp³-hybridized carbons (Fsp3) is 0.429. The molecule has 0 fully saturated rings. The summed E-state index contributed by atoms with van der Waals surface area (Å²) in [5.74, 6) is -2.44. The summed E-state index contributed by atoms with van der Waals surface area (Å²) in [6, 6.07) is 2.81. The first-order valence-corrected chi connectivity index (χ1v) is 7.57. The van der Waals surface area contributed by atoms with Gasteiger partial charge in [0.15, 0.2) is 11.6 Å². The van der Waals surface area contributed by atoms with Crippen LogP contribution in [0.5, 0.6) is 0 Å². The predicted octanol–water partition coefficient (Wildman–Crippen LogP) is 2.09. The molecule has 0 saturated carbocycles. The minimum Gasteiger partial charge on any atom is -0.354 e. The fourth-order valence-electron chi connectivity index (χ4n) is 1.47. The van der Waals surface area contributed by atoms with E-state index in [0.29, 0.717) is 11.4 Å². The minimum absolute atomic E-state index is 0.0243. The van der Waals surface area contributed by atoms with E-state index in [2.05, 4.69) is 10.6 Å². The van der Waals surface area contributed by atoms with E-state index in [1.165, 1.54) is 6.07 Å². The Labute approximate surface area is 126 Å². The van der Waals surface area contributed by atoms with Crippen molar-refractivity contribution >= 4 is 23.6 Å². The van der Waals surface area contributed by atoms with Crippen LogP contribution in [-0.2, 0) is 9.59 Å². The molecule has 1 aromatic rings. The first-order chi connectivity index (χ1) is 9.93. The lowest BCUT2D eigenvalue weighted by molar-refractivity contribution is -0.127. The second-order valence-corrected chi connectivity index (χ2v) is 5.49. The molecule has 1 aromatic carbocycles. The number of halogens is 2. The van der Waals surface area contributed by atoms with Gasteiger partial charge in [-0.05, 0) is 31.5 Å². The first-order valence-electron chi connectivity index (χ1n) is 6.59. The van der Waals surface area contributed by atoms with Crippen molar-refractivity contribution in [3.8, 4) is 0 Å². The summed E-state index contributed by atoms with van der Waals surface area (Å²) >= 11 is 1.07. The van der Waals surface area contributed by atoms with Gasteiger partial charge in [0, 0.05) is 11.4 Å². The number of benzene rings is 1. The van der Waals surface area contributed by atoms with E-state index >= 15 is 0 Å². The van der Waals surface area contributed by atoms with Crippen molar-refractivity contribution in [1.29, 1.82) is 0 Å². The Balaban J connectivity index is 2.39. The standard InChI is InChI=1S/C14H18F2N2O2S/c1-3-6-17-14(20)9(2)18-13(19)8-21-10-4-5-11(15)12(16)7-10/h4-5,7,9H,3,6,8H2,1-2H3,(H,17,20)(H,18,19)/t9-/m0/s1. The van der Waals surface area contributed by atoms with Gasteiger partial charge in [0.1, 0.15) is 6.04 Å². The molecule has 0 aliphatic heterocycles. The normalized spacial score (nSPS) is 11.8. The van der Waals surface area contributed by atoms with Crippen molar-refractivity contribution in [2.45, 2.75) is 31.2 Å². The van der Waals surface area contributed by atoms with E-state index in [0.717, 1.165) is 30.3 Å². The second-order valence-electron chi connectivity index (χ2n) is 4.44. The van der Waals surface area contributed by atoms with Crippen LogP contribution in [-0.4, -0.2) is 30.2 Å². The lowest BCUT2D eigenvalue weighted by Crippen LogP contribution is -2.45. The maximum absolute atomic E-state index is 13.0. The fourth-order valence-corrected chi connectivity index (χ4v) is 2.20. The topological polar surface area (TPSA) is 58.2 Å². The molecule has 0 aliphatic rings. The smallest absolute Gasteiger partial charge is 0.242 e. The van der Waals surface area contributed by atoms with E-state index in [9.17, 15) is 18.4 Å². The zero-order valence-electron chi connectivity index (χ0n) is 11.9. The molecule has 0 aliphatic carbocycles. The van der Waals surface area contributed by atoms with Crippen LogP contribution >= 0.6 is 11.8 Å². The molecule has 0 unspecified atom stereocenters. The Morgan fingerprint density at radius 2 is 2.00 bits per heavy atom. The van der Waals surface area contributed by atoms with Crippen molar-refractivity contribution in [3.63, 3.8) is 0 Å². The van der Waals surface area contributed by atoms with Crippen molar-refractivity contribution in [3.05, 3.63) is 29.8 Å². The van der Waals surface area contributed by atoms with Crippen molar-refractivity contribution in [1.82, 2.24) is 10.6 Å². The molecule has 21 heavy (non-hydrogen) atoms. The predicted molar refractivity (Wildman–Crippen MR) is 78.0 cm³/mol. The Morgan fingerprint density at radius 1 is 1.29 bits per heavy atom. The zero-order chi connectivity index (χ0) is 15.8. The first kappa shape index (κ1) is 17.4. The number of carbonyl (C=O) groups is 2. The van der Waals surface area contributed by atoms with Gasteiger partial charge in [0.05, 0.1) is 5.75 Å². The van der Waals surface area contributed by atoms with Gasteiger partial charge in [0.2, 0.25) is 11.8 Å². The molecule has 0 aromatic heterocycles. The Kier molecular flexibility index (Phi) is 7.14. The van der Waals surface area contributed by atoms with E-state index in [1.807, 2.05) is 6.92 Å². The van der Waals surface area contributed by atoms with Gasteiger partial charge in [-0.15, -0.1) is 11.8 Å². The SMILES string of the molecule is CCCNC(=O)[C@H](C)NC(=O)CSc1ccc(F)c(F)c1. The molecule has 0 heterocycles. The molecule has 0 bridgehead atoms. The molecule has 116 valence electrons. The lowest BCUT2D eigenvalue weighted by Gasteiger charge is -2.13. The molecular weight excluding hydrogens is 298 g/mol. The summed E-state index contributed by atoms with van der Waals surface area (Å²) in [4.78, 5) is 23.7. The molecule has 0 saturated heterocycles. The molecule has 0 radical (unpaired) electrons. The lowest BCUT2D eigenvalue weighted by atomic mass is 10.3. The maximum Gasteiger partial charge on any atom is 0.242 e. The highest BCUT2D eigenvalue weighted by molar-refractivity contribution is 8.00. The van der Waals surface area contributed by atoms with Crippen LogP contribution in [0.3, 0.4) is 0 Å². The summed E-state index contributed by atoms with van der Waals surface area (Å²) in [5, 5.41) is 5.22. The number of hydrogen-bond donors (Lipinski definition) is 2. The van der Waals surface area contributed by atoms with Gasteiger partial charge < -0.3 is 10.6 Å². The number of carbonyl (C=O) groups excluding carboxylic acids is 2. The number of rotatable bonds is 7. The Morgan fingerprint density at radius 3 is 2.62 bits per heavy atom. The van der Waals surface area contributed by atoms with Crippen molar-refractivity contribution in [2.75, 3.05) is 12.3 Å². The highest BCUT2D eigenvalue weighted by Crippen LogP contribution is 2.20. The summed E-state index contributed by atoms with van der Waals surface area (Å²) in [6.07, 6.45) is 0.818. The van der Waals surface area contributed by atoms with Gasteiger partial charge in [-0.25, -0.2) is 8.78 Å². The van der Waals surface area contributed by atoms with Crippen LogP contribution in [0.4, 0.5) is 8.78 Å². The van der Waals surface area contributed by atoms with E-state index in [4.69, 9.17) is 0 Å². The number of amides is 2. The van der Waals surface area contributed by atoms with Gasteiger partial charge in [-0.2, -0.15) is 0 Å². The monoisotopic (exact) mass is 316 g/mol. The van der Waals surface area contributed by atoms with Gasteiger partial charge in [-0.3, -0.25) is 9.59 Å². The molecule has 1 rings (SSSR count). The summed E-state index contributed by atoms with van der Waals surface area (Å²) in [5.41, 5.74) is 0. The number of hydrogen-bond acceptors (Lipinski definition) is 3. The molecule has 4 nitrogen and oxygen atoms in total. The summed E-state index contributed by atoms with van der Waals surface area (Å²) < 4.78 is 25.7. The molecule has 1 atom stereocenters. The Bertz CT molecular complexity index is 512. The second kappa shape index (κ2) is 8.61. The van der Waals surface area contributed by atoms with Crippen molar-refractivity contribution in [2.24, 2.45) is 0 Å². The van der Waals surface area contributed by atoms with Crippen LogP contribution < -0.4 is 10.6 Å². The van der Waals surface area contributed by atoms with Gasteiger partial charge in [0.25, 0.3) is 0 Å². The van der Waals surface area contributed by atoms with Crippen molar-refractivity contribution < 1.29 is 18.4 Å². The third-order valence-corrected chi connectivity index (χ3v) is 3.57. The summed E-state index contributed by atoms with van der Waals surface area (Å²) in [6.45, 7) is 4.08. The van der Waals surface area contributed by atoms with Gasteiger partial charge in [-0.1, -0.05) is 6.92 Å². The quantitative estimate of drug-likeness (QED) is 0.757. The molecule has 2 N–H and O–H groups in total. The highest BCUT2D eigenvalue weighted by Gasteiger charge is 2.15. The van der Waals surface area contributed by atoms with Crippen LogP contribution in [0.1, 0.15) is 20.3 Å². The maximum atomic E-state index is 13.0. The number of thioether (sulfide) groups is 1. The third kappa shape index (κ3) is 6.12. The molecule has 2 amide bonds. The van der Waals surface area contributed by atoms with E-state index < -0.39 is 17.7 Å². The molecule has 0 spiro atoms. The highest BCUT2D eigenvalue weighted by atomic mass is 32.2. The zero-order valence-corrected chi connectivity index (χ0v) is 12.7. The molecular formula is C14H18F2N2O2S. The summed E-state index contributed by atoms with van der Waals surface area (Å²) in [7, 11) is 0. The van der Waals surface area contributed by atoms with E-state index in [1.54, 1.807) is 6.92 Å². The van der Waals surface area contributed by atoms with Crippen LogP contribution in [0, 0.1) is 11.6 Å². The Hall–Kier alpha value is -1.63. The van der Waals surface area contributed by atoms with Crippen LogP contribution in [0.15, 0.2) is 23.1 Å². The average molecular weight is 316 g/mol. The van der Waals surface area contributed by atoms with Crippen LogP contribution in [0.25, 0.3) is 0 Å².